The van der Waals surface area contributed by atoms with Gasteiger partial charge in [-0.2, -0.15) is 0 Å². The molecule has 0 spiro atoms. The summed E-state index contributed by atoms with van der Waals surface area (Å²) in [5.74, 6) is 0.0627. The number of rotatable bonds is 2. The number of benzene rings is 2. The first-order chi connectivity index (χ1) is 10.7. The van der Waals surface area contributed by atoms with Crippen molar-refractivity contribution >= 4 is 5.91 Å². The monoisotopic (exact) mass is 293 g/mol. The molecular weight excluding hydrogens is 274 g/mol. The molecule has 1 fully saturated rings. The Morgan fingerprint density at radius 3 is 2.77 bits per heavy atom. The van der Waals surface area contributed by atoms with Crippen LogP contribution in [0.3, 0.4) is 0 Å². The van der Waals surface area contributed by atoms with Gasteiger partial charge < -0.3 is 9.64 Å². The number of aryl methyl sites for hydroxylation is 1. The number of carbonyl (C=O) groups excluding carboxylic acids is 1. The maximum atomic E-state index is 12.9. The van der Waals surface area contributed by atoms with E-state index < -0.39 is 0 Å². The van der Waals surface area contributed by atoms with Gasteiger partial charge in [0.15, 0.2) is 0 Å². The van der Waals surface area contributed by atoms with Crippen molar-refractivity contribution in [2.75, 3.05) is 6.54 Å². The molecule has 2 atom stereocenters. The van der Waals surface area contributed by atoms with Crippen LogP contribution in [-0.2, 0) is 22.7 Å². The zero-order chi connectivity index (χ0) is 15.1. The summed E-state index contributed by atoms with van der Waals surface area (Å²) in [5.41, 5.74) is 4.74. The summed E-state index contributed by atoms with van der Waals surface area (Å²) in [5, 5.41) is 0. The topological polar surface area (TPSA) is 29.5 Å². The molecule has 0 saturated carbocycles. The second-order valence-electron chi connectivity index (χ2n) is 6.17. The summed E-state index contributed by atoms with van der Waals surface area (Å²) in [7, 11) is 0. The minimum absolute atomic E-state index is 0.00878. The number of hydrogen-bond acceptors (Lipinski definition) is 2. The maximum Gasteiger partial charge on any atom is 0.233 e. The first-order valence-corrected chi connectivity index (χ1v) is 7.77. The molecule has 1 saturated heterocycles. The highest BCUT2D eigenvalue weighted by atomic mass is 16.5. The zero-order valence-electron chi connectivity index (χ0n) is 12.7. The van der Waals surface area contributed by atoms with Crippen molar-refractivity contribution in [1.82, 2.24) is 4.90 Å². The highest BCUT2D eigenvalue weighted by molar-refractivity contribution is 5.87. The quantitative estimate of drug-likeness (QED) is 0.852. The molecule has 0 unspecified atom stereocenters. The molecule has 112 valence electrons. The number of hydrogen-bond donors (Lipinski definition) is 0. The normalized spacial score (nSPS) is 23.3. The predicted molar refractivity (Wildman–Crippen MR) is 84.4 cm³/mol. The van der Waals surface area contributed by atoms with Gasteiger partial charge in [-0.3, -0.25) is 4.79 Å². The fourth-order valence-electron chi connectivity index (χ4n) is 3.60. The largest absolute Gasteiger partial charge is 0.370 e. The first kappa shape index (κ1) is 13.5. The molecule has 22 heavy (non-hydrogen) atoms. The fourth-order valence-corrected chi connectivity index (χ4v) is 3.60. The summed E-state index contributed by atoms with van der Waals surface area (Å²) >= 11 is 0. The third-order valence-corrected chi connectivity index (χ3v) is 4.79. The molecule has 2 heterocycles. The first-order valence-electron chi connectivity index (χ1n) is 7.77. The summed E-state index contributed by atoms with van der Waals surface area (Å²) < 4.78 is 5.99. The molecule has 3 nitrogen and oxygen atoms in total. The molecule has 0 radical (unpaired) electrons. The number of likely N-dealkylation sites (tertiary alicyclic amines) is 1. The Morgan fingerprint density at radius 1 is 1.14 bits per heavy atom. The Kier molecular flexibility index (Phi) is 3.23. The summed E-state index contributed by atoms with van der Waals surface area (Å²) in [6.07, 6.45) is -0.00878. The van der Waals surface area contributed by atoms with Gasteiger partial charge in [0, 0.05) is 13.1 Å². The Bertz CT molecular complexity index is 711. The number of amides is 1. The van der Waals surface area contributed by atoms with E-state index in [1.54, 1.807) is 0 Å². The molecule has 1 amide bonds. The lowest BCUT2D eigenvalue weighted by Gasteiger charge is -2.27. The smallest absolute Gasteiger partial charge is 0.233 e. The van der Waals surface area contributed by atoms with Gasteiger partial charge in [0.25, 0.3) is 0 Å². The van der Waals surface area contributed by atoms with Gasteiger partial charge in [0.05, 0.1) is 18.6 Å². The number of carbonyl (C=O) groups is 1. The number of nitrogens with zero attached hydrogens (tertiary/aromatic N) is 1. The molecule has 2 aliphatic rings. The third kappa shape index (κ3) is 2.13. The molecule has 4 rings (SSSR count). The Labute approximate surface area is 130 Å². The third-order valence-electron chi connectivity index (χ3n) is 4.79. The van der Waals surface area contributed by atoms with Crippen molar-refractivity contribution in [1.29, 1.82) is 0 Å². The van der Waals surface area contributed by atoms with E-state index in [1.807, 2.05) is 29.2 Å². The standard InChI is InChI=1S/C19H19NO2/c1-13-6-5-9-15-16(13)12-22-17-11-20(19(21)18(15)17)10-14-7-3-2-4-8-14/h2-9,17-18H,10-12H2,1H3/t17-,18-/m0/s1. The van der Waals surface area contributed by atoms with Crippen molar-refractivity contribution < 1.29 is 9.53 Å². The van der Waals surface area contributed by atoms with Gasteiger partial charge in [-0.05, 0) is 29.2 Å². The van der Waals surface area contributed by atoms with E-state index in [-0.39, 0.29) is 17.9 Å². The molecule has 0 aliphatic carbocycles. The summed E-state index contributed by atoms with van der Waals surface area (Å²) in [6.45, 7) is 4.06. The van der Waals surface area contributed by atoms with E-state index in [9.17, 15) is 4.79 Å². The molecule has 2 aromatic rings. The highest BCUT2D eigenvalue weighted by Gasteiger charge is 2.45. The van der Waals surface area contributed by atoms with Gasteiger partial charge in [-0.1, -0.05) is 48.5 Å². The van der Waals surface area contributed by atoms with Gasteiger partial charge >= 0.3 is 0 Å². The van der Waals surface area contributed by atoms with Crippen LogP contribution in [0.5, 0.6) is 0 Å². The molecule has 2 aromatic carbocycles. The maximum absolute atomic E-state index is 12.9. The molecular formula is C19H19NO2. The fraction of sp³-hybridized carbons (Fsp3) is 0.316. The van der Waals surface area contributed by atoms with Crippen molar-refractivity contribution in [2.45, 2.75) is 32.1 Å². The number of fused-ring (bicyclic) bond motifs is 3. The van der Waals surface area contributed by atoms with Crippen molar-refractivity contribution in [2.24, 2.45) is 0 Å². The number of ether oxygens (including phenoxy) is 1. The van der Waals surface area contributed by atoms with Gasteiger partial charge in [0.1, 0.15) is 0 Å². The minimum Gasteiger partial charge on any atom is -0.370 e. The van der Waals surface area contributed by atoms with Crippen molar-refractivity contribution in [3.05, 3.63) is 70.8 Å². The van der Waals surface area contributed by atoms with E-state index >= 15 is 0 Å². The van der Waals surface area contributed by atoms with Gasteiger partial charge in [0.2, 0.25) is 5.91 Å². The van der Waals surface area contributed by atoms with Crippen LogP contribution >= 0.6 is 0 Å². The van der Waals surface area contributed by atoms with Crippen LogP contribution in [0, 0.1) is 6.92 Å². The van der Waals surface area contributed by atoms with E-state index in [4.69, 9.17) is 4.74 Å². The Balaban J connectivity index is 1.63. The van der Waals surface area contributed by atoms with Crippen molar-refractivity contribution in [3.8, 4) is 0 Å². The van der Waals surface area contributed by atoms with Crippen molar-refractivity contribution in [3.63, 3.8) is 0 Å². The summed E-state index contributed by atoms with van der Waals surface area (Å²) in [6, 6.07) is 16.4. The Morgan fingerprint density at radius 2 is 1.95 bits per heavy atom. The Hall–Kier alpha value is -2.13. The van der Waals surface area contributed by atoms with Crippen LogP contribution < -0.4 is 0 Å². The average Bonchev–Trinajstić information content (AvgIpc) is 2.85. The van der Waals surface area contributed by atoms with Crippen LogP contribution in [0.2, 0.25) is 0 Å². The van der Waals surface area contributed by atoms with E-state index in [0.717, 1.165) is 5.56 Å². The SMILES string of the molecule is Cc1cccc2c1CO[C@H]1CN(Cc3ccccc3)C(=O)[C@@H]21. The lowest BCUT2D eigenvalue weighted by Crippen LogP contribution is -2.28. The van der Waals surface area contributed by atoms with Crippen LogP contribution in [0.15, 0.2) is 48.5 Å². The molecule has 2 aliphatic heterocycles. The lowest BCUT2D eigenvalue weighted by atomic mass is 9.87. The van der Waals surface area contributed by atoms with Crippen LogP contribution in [-0.4, -0.2) is 23.5 Å². The summed E-state index contributed by atoms with van der Waals surface area (Å²) in [4.78, 5) is 14.8. The highest BCUT2D eigenvalue weighted by Crippen LogP contribution is 2.39. The van der Waals surface area contributed by atoms with Gasteiger partial charge in [-0.25, -0.2) is 0 Å². The van der Waals surface area contributed by atoms with Crippen LogP contribution in [0.1, 0.15) is 28.2 Å². The molecule has 0 aromatic heterocycles. The second-order valence-corrected chi connectivity index (χ2v) is 6.17. The van der Waals surface area contributed by atoms with Gasteiger partial charge in [-0.15, -0.1) is 0 Å². The molecule has 0 bridgehead atoms. The molecule has 0 N–H and O–H groups in total. The van der Waals surface area contributed by atoms with Crippen LogP contribution in [0.25, 0.3) is 0 Å². The predicted octanol–water partition coefficient (Wildman–Crippen LogP) is 3.02. The van der Waals surface area contributed by atoms with Crippen LogP contribution in [0.4, 0.5) is 0 Å². The van der Waals surface area contributed by atoms with E-state index in [0.29, 0.717) is 19.7 Å². The second kappa shape index (κ2) is 5.25. The lowest BCUT2D eigenvalue weighted by molar-refractivity contribution is -0.130. The minimum atomic E-state index is -0.132. The molecule has 3 heteroatoms. The van der Waals surface area contributed by atoms with E-state index in [2.05, 4.69) is 31.2 Å². The van der Waals surface area contributed by atoms with E-state index in [1.165, 1.54) is 16.7 Å². The average molecular weight is 293 g/mol. The zero-order valence-corrected chi connectivity index (χ0v) is 12.7.